The van der Waals surface area contributed by atoms with E-state index in [0.29, 0.717) is 18.6 Å². The molecule has 4 nitrogen and oxygen atoms in total. The SMILES string of the molecule is CC(C)=CCc1c(O)c(C)cc2c1CCC(C)(CCC(=O)O)O2. The zero-order valence-corrected chi connectivity index (χ0v) is 14.4. The number of allylic oxidation sites excluding steroid dienone is 2. The molecule has 1 aromatic carbocycles. The first-order valence-electron chi connectivity index (χ1n) is 8.10. The van der Waals surface area contributed by atoms with Crippen molar-refractivity contribution in [3.8, 4) is 11.5 Å². The van der Waals surface area contributed by atoms with Crippen LogP contribution in [0, 0.1) is 6.92 Å². The van der Waals surface area contributed by atoms with Crippen molar-refractivity contribution in [3.63, 3.8) is 0 Å². The van der Waals surface area contributed by atoms with Crippen LogP contribution in [0.4, 0.5) is 0 Å². The van der Waals surface area contributed by atoms with Crippen molar-refractivity contribution in [2.45, 2.75) is 65.4 Å². The Balaban J connectivity index is 2.33. The van der Waals surface area contributed by atoms with Gasteiger partial charge in [-0.3, -0.25) is 4.79 Å². The third-order valence-corrected chi connectivity index (χ3v) is 4.51. The molecule has 0 amide bonds. The number of phenols is 1. The number of carboxylic acid groups (broad SMARTS) is 1. The van der Waals surface area contributed by atoms with Gasteiger partial charge in [0.15, 0.2) is 0 Å². The maximum Gasteiger partial charge on any atom is 0.303 e. The van der Waals surface area contributed by atoms with Crippen LogP contribution in [0.1, 0.15) is 56.7 Å². The van der Waals surface area contributed by atoms with Gasteiger partial charge in [0.2, 0.25) is 0 Å². The highest BCUT2D eigenvalue weighted by Crippen LogP contribution is 2.42. The Bertz CT molecular complexity index is 641. The van der Waals surface area contributed by atoms with E-state index >= 15 is 0 Å². The zero-order valence-electron chi connectivity index (χ0n) is 14.4. The van der Waals surface area contributed by atoms with E-state index in [1.54, 1.807) is 0 Å². The quantitative estimate of drug-likeness (QED) is 0.800. The Labute approximate surface area is 137 Å². The number of phenolic OH excluding ortho intramolecular Hbond substituents is 1. The average Bonchev–Trinajstić information content (AvgIpc) is 2.46. The van der Waals surface area contributed by atoms with Gasteiger partial charge in [-0.2, -0.15) is 0 Å². The highest BCUT2D eigenvalue weighted by molar-refractivity contribution is 5.66. The lowest BCUT2D eigenvalue weighted by Gasteiger charge is -2.37. The Hall–Kier alpha value is -1.97. The van der Waals surface area contributed by atoms with E-state index in [1.165, 1.54) is 5.57 Å². The van der Waals surface area contributed by atoms with Crippen molar-refractivity contribution >= 4 is 5.97 Å². The van der Waals surface area contributed by atoms with Crippen LogP contribution in [0.25, 0.3) is 0 Å². The molecule has 1 heterocycles. The van der Waals surface area contributed by atoms with Crippen molar-refractivity contribution < 1.29 is 19.7 Å². The number of rotatable bonds is 5. The molecule has 0 aliphatic carbocycles. The third-order valence-electron chi connectivity index (χ3n) is 4.51. The zero-order chi connectivity index (χ0) is 17.2. The number of hydrogen-bond donors (Lipinski definition) is 2. The topological polar surface area (TPSA) is 66.8 Å². The molecule has 1 aromatic rings. The molecule has 1 aliphatic heterocycles. The lowest BCUT2D eigenvalue weighted by Crippen LogP contribution is -2.37. The van der Waals surface area contributed by atoms with Gasteiger partial charge in [-0.1, -0.05) is 11.6 Å². The summed E-state index contributed by atoms with van der Waals surface area (Å²) < 4.78 is 6.16. The maximum atomic E-state index is 10.8. The second kappa shape index (κ2) is 6.65. The minimum Gasteiger partial charge on any atom is -0.507 e. The fourth-order valence-corrected chi connectivity index (χ4v) is 3.03. The molecule has 0 radical (unpaired) electrons. The summed E-state index contributed by atoms with van der Waals surface area (Å²) in [6, 6.07) is 1.87. The fraction of sp³-hybridized carbons (Fsp3) is 0.526. The molecule has 0 saturated heterocycles. The number of carboxylic acids is 1. The molecule has 0 bridgehead atoms. The summed E-state index contributed by atoms with van der Waals surface area (Å²) in [5.74, 6) is 0.335. The predicted molar refractivity (Wildman–Crippen MR) is 90.2 cm³/mol. The lowest BCUT2D eigenvalue weighted by molar-refractivity contribution is -0.138. The lowest BCUT2D eigenvalue weighted by atomic mass is 9.85. The molecule has 0 saturated carbocycles. The van der Waals surface area contributed by atoms with Crippen LogP contribution < -0.4 is 4.74 Å². The van der Waals surface area contributed by atoms with E-state index < -0.39 is 11.6 Å². The Morgan fingerprint density at radius 3 is 2.74 bits per heavy atom. The Kier molecular flexibility index (Phi) is 5.03. The summed E-state index contributed by atoms with van der Waals surface area (Å²) in [5.41, 5.74) is 3.54. The largest absolute Gasteiger partial charge is 0.507 e. The van der Waals surface area contributed by atoms with Crippen LogP contribution in [0.2, 0.25) is 0 Å². The van der Waals surface area contributed by atoms with Gasteiger partial charge < -0.3 is 14.9 Å². The van der Waals surface area contributed by atoms with E-state index in [4.69, 9.17) is 9.84 Å². The van der Waals surface area contributed by atoms with Gasteiger partial charge >= 0.3 is 5.97 Å². The van der Waals surface area contributed by atoms with Crippen molar-refractivity contribution in [2.24, 2.45) is 0 Å². The standard InChI is InChI=1S/C19H26O4/c1-12(2)5-6-15-14-7-9-19(4,10-8-17(20)21)23-16(14)11-13(3)18(15)22/h5,11,22H,6-10H2,1-4H3,(H,20,21). The Morgan fingerprint density at radius 1 is 1.43 bits per heavy atom. The molecule has 2 N–H and O–H groups in total. The second-order valence-corrected chi connectivity index (χ2v) is 6.93. The summed E-state index contributed by atoms with van der Waals surface area (Å²) in [7, 11) is 0. The number of carbonyl (C=O) groups is 1. The molecule has 0 aromatic heterocycles. The van der Waals surface area contributed by atoms with Gasteiger partial charge in [-0.15, -0.1) is 0 Å². The molecule has 0 fully saturated rings. The molecular formula is C19H26O4. The minimum absolute atomic E-state index is 0.105. The van der Waals surface area contributed by atoms with E-state index in [1.807, 2.05) is 33.8 Å². The molecule has 1 atom stereocenters. The number of fused-ring (bicyclic) bond motifs is 1. The second-order valence-electron chi connectivity index (χ2n) is 6.93. The van der Waals surface area contributed by atoms with Gasteiger partial charge in [-0.05, 0) is 65.0 Å². The number of aliphatic carboxylic acids is 1. The minimum atomic E-state index is -0.799. The predicted octanol–water partition coefficient (Wildman–Crippen LogP) is 4.16. The molecule has 4 heteroatoms. The van der Waals surface area contributed by atoms with Crippen molar-refractivity contribution in [3.05, 3.63) is 34.4 Å². The highest BCUT2D eigenvalue weighted by Gasteiger charge is 2.33. The summed E-state index contributed by atoms with van der Waals surface area (Å²) >= 11 is 0. The fourth-order valence-electron chi connectivity index (χ4n) is 3.03. The van der Waals surface area contributed by atoms with E-state index in [-0.39, 0.29) is 6.42 Å². The number of aryl methyl sites for hydroxylation is 1. The van der Waals surface area contributed by atoms with Crippen LogP contribution in [0.5, 0.6) is 11.5 Å². The first kappa shape index (κ1) is 17.4. The van der Waals surface area contributed by atoms with E-state index in [0.717, 1.165) is 35.3 Å². The summed E-state index contributed by atoms with van der Waals surface area (Å²) in [4.78, 5) is 10.8. The van der Waals surface area contributed by atoms with Crippen molar-refractivity contribution in [1.82, 2.24) is 0 Å². The monoisotopic (exact) mass is 318 g/mol. The molecule has 1 unspecified atom stereocenters. The third kappa shape index (κ3) is 4.06. The van der Waals surface area contributed by atoms with Gasteiger partial charge in [0, 0.05) is 17.5 Å². The molecule has 126 valence electrons. The van der Waals surface area contributed by atoms with Crippen LogP contribution in [0.3, 0.4) is 0 Å². The molecule has 1 aliphatic rings. The van der Waals surface area contributed by atoms with Gasteiger partial charge in [0.25, 0.3) is 0 Å². The van der Waals surface area contributed by atoms with Gasteiger partial charge in [-0.25, -0.2) is 0 Å². The summed E-state index contributed by atoms with van der Waals surface area (Å²) in [5, 5.41) is 19.3. The smallest absolute Gasteiger partial charge is 0.303 e. The summed E-state index contributed by atoms with van der Waals surface area (Å²) in [6.45, 7) is 7.92. The van der Waals surface area contributed by atoms with Crippen molar-refractivity contribution in [2.75, 3.05) is 0 Å². The van der Waals surface area contributed by atoms with Crippen LogP contribution in [-0.4, -0.2) is 21.8 Å². The van der Waals surface area contributed by atoms with Gasteiger partial charge in [0.1, 0.15) is 17.1 Å². The average molecular weight is 318 g/mol. The van der Waals surface area contributed by atoms with E-state index in [9.17, 15) is 9.90 Å². The maximum absolute atomic E-state index is 10.8. The van der Waals surface area contributed by atoms with Crippen LogP contribution in [0.15, 0.2) is 17.7 Å². The van der Waals surface area contributed by atoms with Crippen molar-refractivity contribution in [1.29, 1.82) is 0 Å². The molecule has 0 spiro atoms. The summed E-state index contributed by atoms with van der Waals surface area (Å²) in [6.07, 6.45) is 4.95. The van der Waals surface area contributed by atoms with Gasteiger partial charge in [0.05, 0.1) is 0 Å². The van der Waals surface area contributed by atoms with Crippen LogP contribution in [-0.2, 0) is 17.6 Å². The molecule has 2 rings (SSSR count). The number of hydrogen-bond acceptors (Lipinski definition) is 3. The number of aromatic hydroxyl groups is 1. The van der Waals surface area contributed by atoms with Crippen LogP contribution >= 0.6 is 0 Å². The number of benzene rings is 1. The number of ether oxygens (including phenoxy) is 1. The molecule has 23 heavy (non-hydrogen) atoms. The normalized spacial score (nSPS) is 19.7. The van der Waals surface area contributed by atoms with E-state index in [2.05, 4.69) is 6.08 Å². The first-order valence-corrected chi connectivity index (χ1v) is 8.10. The Morgan fingerprint density at radius 2 is 2.13 bits per heavy atom. The first-order chi connectivity index (χ1) is 10.7. The highest BCUT2D eigenvalue weighted by atomic mass is 16.5. The molecular weight excluding hydrogens is 292 g/mol.